The lowest BCUT2D eigenvalue weighted by atomic mass is 9.99. The molecule has 1 aromatic heterocycles. The van der Waals surface area contributed by atoms with Crippen molar-refractivity contribution in [2.75, 3.05) is 11.9 Å². The molecular formula is C16H17ClFN3O. The number of pyridine rings is 1. The maximum atomic E-state index is 14.4. The summed E-state index contributed by atoms with van der Waals surface area (Å²) in [7, 11) is 0. The Morgan fingerprint density at radius 2 is 2.23 bits per heavy atom. The van der Waals surface area contributed by atoms with Crippen LogP contribution in [0.2, 0.25) is 0 Å². The molecule has 1 amide bonds. The summed E-state index contributed by atoms with van der Waals surface area (Å²) in [6.07, 6.45) is 4.12. The van der Waals surface area contributed by atoms with Gasteiger partial charge in [0.1, 0.15) is 5.82 Å². The monoisotopic (exact) mass is 321 g/mol. The third kappa shape index (κ3) is 3.61. The van der Waals surface area contributed by atoms with Crippen molar-refractivity contribution < 1.29 is 9.18 Å². The molecule has 2 N–H and O–H groups in total. The molecule has 0 atom stereocenters. The summed E-state index contributed by atoms with van der Waals surface area (Å²) >= 11 is 0. The van der Waals surface area contributed by atoms with Crippen LogP contribution in [0, 0.1) is 5.82 Å². The molecule has 4 nitrogen and oxygen atoms in total. The third-order valence-electron chi connectivity index (χ3n) is 3.57. The van der Waals surface area contributed by atoms with Crippen LogP contribution in [0.15, 0.2) is 36.7 Å². The van der Waals surface area contributed by atoms with Crippen molar-refractivity contribution >= 4 is 24.0 Å². The Balaban J connectivity index is 0.00000176. The van der Waals surface area contributed by atoms with E-state index in [9.17, 15) is 9.18 Å². The van der Waals surface area contributed by atoms with Gasteiger partial charge in [0.25, 0.3) is 0 Å². The van der Waals surface area contributed by atoms with Crippen LogP contribution < -0.4 is 10.6 Å². The highest BCUT2D eigenvalue weighted by Gasteiger charge is 2.17. The van der Waals surface area contributed by atoms with Gasteiger partial charge in [0, 0.05) is 18.9 Å². The van der Waals surface area contributed by atoms with Crippen molar-refractivity contribution in [1.29, 1.82) is 0 Å². The number of anilines is 1. The molecule has 0 saturated heterocycles. The minimum atomic E-state index is -0.312. The van der Waals surface area contributed by atoms with Crippen LogP contribution >= 0.6 is 12.4 Å². The number of halogens is 2. The first kappa shape index (κ1) is 16.4. The van der Waals surface area contributed by atoms with Gasteiger partial charge in [-0.05, 0) is 41.8 Å². The topological polar surface area (TPSA) is 54.0 Å². The van der Waals surface area contributed by atoms with E-state index in [-0.39, 0.29) is 36.2 Å². The van der Waals surface area contributed by atoms with Crippen LogP contribution in [-0.4, -0.2) is 17.4 Å². The fourth-order valence-corrected chi connectivity index (χ4v) is 2.51. The molecular weight excluding hydrogens is 305 g/mol. The Morgan fingerprint density at radius 3 is 3.00 bits per heavy atom. The molecule has 1 aliphatic heterocycles. The summed E-state index contributed by atoms with van der Waals surface area (Å²) in [5.74, 6) is -0.552. The smallest absolute Gasteiger partial charge is 0.228 e. The van der Waals surface area contributed by atoms with E-state index in [0.717, 1.165) is 17.7 Å². The predicted octanol–water partition coefficient (Wildman–Crippen LogP) is 2.47. The molecule has 2 heterocycles. The van der Waals surface area contributed by atoms with Crippen molar-refractivity contribution in [2.24, 2.45) is 0 Å². The number of hydrogen-bond acceptors (Lipinski definition) is 3. The van der Waals surface area contributed by atoms with E-state index < -0.39 is 0 Å². The van der Waals surface area contributed by atoms with Crippen LogP contribution in [0.4, 0.5) is 10.1 Å². The van der Waals surface area contributed by atoms with Gasteiger partial charge < -0.3 is 10.6 Å². The first-order valence-corrected chi connectivity index (χ1v) is 6.94. The van der Waals surface area contributed by atoms with Gasteiger partial charge in [-0.25, -0.2) is 4.39 Å². The third-order valence-corrected chi connectivity index (χ3v) is 3.57. The van der Waals surface area contributed by atoms with Crippen LogP contribution in [0.1, 0.15) is 16.7 Å². The summed E-state index contributed by atoms with van der Waals surface area (Å²) in [6.45, 7) is 1.44. The molecule has 2 aromatic rings. The number of aromatic nitrogens is 1. The molecule has 116 valence electrons. The van der Waals surface area contributed by atoms with E-state index in [2.05, 4.69) is 15.6 Å². The van der Waals surface area contributed by atoms with Gasteiger partial charge in [-0.3, -0.25) is 9.78 Å². The predicted molar refractivity (Wildman–Crippen MR) is 85.6 cm³/mol. The molecule has 1 aromatic carbocycles. The largest absolute Gasteiger partial charge is 0.323 e. The van der Waals surface area contributed by atoms with Crippen molar-refractivity contribution in [3.8, 4) is 0 Å². The fraction of sp³-hybridized carbons (Fsp3) is 0.250. The minimum absolute atomic E-state index is 0. The first-order valence-electron chi connectivity index (χ1n) is 6.94. The SMILES string of the molecule is Cl.O=C(Cc1cccnc1)Nc1ccc2c(c1F)CCNC2. The summed E-state index contributed by atoms with van der Waals surface area (Å²) < 4.78 is 14.4. The maximum Gasteiger partial charge on any atom is 0.228 e. The molecule has 0 spiro atoms. The number of benzene rings is 1. The molecule has 0 radical (unpaired) electrons. The zero-order valence-corrected chi connectivity index (χ0v) is 12.8. The Hall–Kier alpha value is -1.98. The van der Waals surface area contributed by atoms with Crippen LogP contribution in [0.25, 0.3) is 0 Å². The Morgan fingerprint density at radius 1 is 1.36 bits per heavy atom. The van der Waals surface area contributed by atoms with Crippen molar-refractivity contribution in [2.45, 2.75) is 19.4 Å². The first-order chi connectivity index (χ1) is 10.2. The van der Waals surface area contributed by atoms with Gasteiger partial charge >= 0.3 is 0 Å². The number of amides is 1. The number of nitrogens with zero attached hydrogens (tertiary/aromatic N) is 1. The quantitative estimate of drug-likeness (QED) is 0.913. The zero-order chi connectivity index (χ0) is 14.7. The van der Waals surface area contributed by atoms with E-state index in [1.165, 1.54) is 0 Å². The van der Waals surface area contributed by atoms with Crippen molar-refractivity contribution in [3.05, 3.63) is 59.2 Å². The lowest BCUT2D eigenvalue weighted by Gasteiger charge is -2.19. The number of fused-ring (bicyclic) bond motifs is 1. The van der Waals surface area contributed by atoms with E-state index in [1.54, 1.807) is 24.5 Å². The number of hydrogen-bond donors (Lipinski definition) is 2. The van der Waals surface area contributed by atoms with Crippen molar-refractivity contribution in [3.63, 3.8) is 0 Å². The second-order valence-electron chi connectivity index (χ2n) is 5.08. The van der Waals surface area contributed by atoms with E-state index in [1.807, 2.05) is 12.1 Å². The summed E-state index contributed by atoms with van der Waals surface area (Å²) in [5, 5.41) is 5.85. The zero-order valence-electron chi connectivity index (χ0n) is 11.9. The van der Waals surface area contributed by atoms with Gasteiger partial charge in [-0.15, -0.1) is 12.4 Å². The molecule has 1 aliphatic rings. The average molecular weight is 322 g/mol. The molecule has 0 bridgehead atoms. The Bertz CT molecular complexity index is 664. The van der Waals surface area contributed by atoms with Crippen LogP contribution in [0.5, 0.6) is 0 Å². The Kier molecular flexibility index (Phi) is 5.46. The van der Waals surface area contributed by atoms with Crippen molar-refractivity contribution in [1.82, 2.24) is 10.3 Å². The molecule has 0 unspecified atom stereocenters. The van der Waals surface area contributed by atoms with Gasteiger partial charge in [0.05, 0.1) is 12.1 Å². The molecule has 3 rings (SSSR count). The van der Waals surface area contributed by atoms with Gasteiger partial charge in [-0.2, -0.15) is 0 Å². The molecule has 0 saturated carbocycles. The highest BCUT2D eigenvalue weighted by molar-refractivity contribution is 5.92. The fourth-order valence-electron chi connectivity index (χ4n) is 2.51. The van der Waals surface area contributed by atoms with E-state index >= 15 is 0 Å². The summed E-state index contributed by atoms with van der Waals surface area (Å²) in [4.78, 5) is 15.9. The lowest BCUT2D eigenvalue weighted by molar-refractivity contribution is -0.115. The average Bonchev–Trinajstić information content (AvgIpc) is 2.51. The molecule has 0 fully saturated rings. The summed E-state index contributed by atoms with van der Waals surface area (Å²) in [6, 6.07) is 7.09. The van der Waals surface area contributed by atoms with Gasteiger partial charge in [-0.1, -0.05) is 12.1 Å². The van der Waals surface area contributed by atoms with E-state index in [4.69, 9.17) is 0 Å². The highest BCUT2D eigenvalue weighted by Crippen LogP contribution is 2.24. The van der Waals surface area contributed by atoms with Gasteiger partial charge in [0.2, 0.25) is 5.91 Å². The summed E-state index contributed by atoms with van der Waals surface area (Å²) in [5.41, 5.74) is 2.72. The minimum Gasteiger partial charge on any atom is -0.323 e. The molecule has 6 heteroatoms. The molecule has 0 aliphatic carbocycles. The molecule has 22 heavy (non-hydrogen) atoms. The second kappa shape index (κ2) is 7.33. The standard InChI is InChI=1S/C16H16FN3O.ClH/c17-16-13-5-7-19-10-12(13)3-4-14(16)20-15(21)8-11-2-1-6-18-9-11;/h1-4,6,9,19H,5,7-8,10H2,(H,20,21);1H. The maximum absolute atomic E-state index is 14.4. The normalized spacial score (nSPS) is 13.0. The number of rotatable bonds is 3. The highest BCUT2D eigenvalue weighted by atomic mass is 35.5. The number of carbonyl (C=O) groups is 1. The number of nitrogens with one attached hydrogen (secondary N) is 2. The van der Waals surface area contributed by atoms with Gasteiger partial charge in [0.15, 0.2) is 0 Å². The lowest BCUT2D eigenvalue weighted by Crippen LogP contribution is -2.25. The Labute approximate surface area is 134 Å². The van der Waals surface area contributed by atoms with Crippen LogP contribution in [-0.2, 0) is 24.2 Å². The number of carbonyl (C=O) groups excluding carboxylic acids is 1. The van der Waals surface area contributed by atoms with Crippen LogP contribution in [0.3, 0.4) is 0 Å². The second-order valence-corrected chi connectivity index (χ2v) is 5.08. The van der Waals surface area contributed by atoms with E-state index in [0.29, 0.717) is 18.5 Å².